The van der Waals surface area contributed by atoms with Crippen LogP contribution in [0.2, 0.25) is 0 Å². The van der Waals surface area contributed by atoms with Gasteiger partial charge in [-0.05, 0) is 23.3 Å². The van der Waals surface area contributed by atoms with Crippen LogP contribution in [0.15, 0.2) is 60.8 Å². The van der Waals surface area contributed by atoms with Gasteiger partial charge >= 0.3 is 0 Å². The molecule has 0 aliphatic heterocycles. The minimum absolute atomic E-state index is 0.0449. The molecule has 0 bridgehead atoms. The summed E-state index contributed by atoms with van der Waals surface area (Å²) in [6.07, 6.45) is 2.17. The van der Waals surface area contributed by atoms with Crippen molar-refractivity contribution in [1.29, 1.82) is 0 Å². The predicted octanol–water partition coefficient (Wildman–Crippen LogP) is 2.97. The molecule has 0 atom stereocenters. The number of hydrogen-bond donors (Lipinski definition) is 2. The minimum Gasteiger partial charge on any atom is -0.378 e. The first-order chi connectivity index (χ1) is 16.2. The zero-order chi connectivity index (χ0) is 23.1. The molecule has 0 aliphatic carbocycles. The van der Waals surface area contributed by atoms with E-state index < -0.39 is 0 Å². The fourth-order valence-electron chi connectivity index (χ4n) is 3.57. The second kappa shape index (κ2) is 14.4. The van der Waals surface area contributed by atoms with Crippen LogP contribution in [0.1, 0.15) is 18.1 Å². The van der Waals surface area contributed by atoms with Crippen molar-refractivity contribution in [2.45, 2.75) is 20.0 Å². The third-order valence-corrected chi connectivity index (χ3v) is 5.20. The van der Waals surface area contributed by atoms with E-state index in [-0.39, 0.29) is 5.91 Å². The van der Waals surface area contributed by atoms with Crippen LogP contribution in [0, 0.1) is 0 Å². The molecule has 0 fully saturated rings. The van der Waals surface area contributed by atoms with E-state index in [2.05, 4.69) is 69.9 Å². The van der Waals surface area contributed by atoms with Gasteiger partial charge in [-0.15, -0.1) is 0 Å². The highest BCUT2D eigenvalue weighted by Gasteiger charge is 2.06. The monoisotopic (exact) mass is 453 g/mol. The lowest BCUT2D eigenvalue weighted by atomic mass is 10.1. The second-order valence-corrected chi connectivity index (χ2v) is 7.78. The van der Waals surface area contributed by atoms with Crippen molar-refractivity contribution in [3.63, 3.8) is 0 Å². The van der Waals surface area contributed by atoms with Crippen molar-refractivity contribution >= 4 is 16.8 Å². The first-order valence-electron chi connectivity index (χ1n) is 11.5. The van der Waals surface area contributed by atoms with Crippen molar-refractivity contribution in [1.82, 2.24) is 15.2 Å². The molecule has 0 radical (unpaired) electrons. The molecule has 0 saturated carbocycles. The Bertz CT molecular complexity index is 959. The minimum atomic E-state index is -0.0449. The quantitative estimate of drug-likeness (QED) is 0.326. The van der Waals surface area contributed by atoms with E-state index in [9.17, 15) is 4.79 Å². The maximum absolute atomic E-state index is 10.7. The van der Waals surface area contributed by atoms with Crippen molar-refractivity contribution < 1.29 is 19.0 Å². The summed E-state index contributed by atoms with van der Waals surface area (Å²) in [5, 5.41) is 7.43. The molecular formula is C26H35N3O4. The van der Waals surface area contributed by atoms with E-state index in [0.717, 1.165) is 19.6 Å². The number of nitrogens with one attached hydrogen (secondary N) is 2. The Morgan fingerprint density at radius 3 is 2.24 bits per heavy atom. The third-order valence-electron chi connectivity index (χ3n) is 5.20. The van der Waals surface area contributed by atoms with Crippen LogP contribution in [0.4, 0.5) is 0 Å². The largest absolute Gasteiger partial charge is 0.378 e. The number of carbonyl (C=O) groups excluding carboxylic acids is 1. The van der Waals surface area contributed by atoms with E-state index >= 15 is 0 Å². The van der Waals surface area contributed by atoms with E-state index in [4.69, 9.17) is 14.2 Å². The lowest BCUT2D eigenvalue weighted by Gasteiger charge is -2.09. The van der Waals surface area contributed by atoms with Crippen molar-refractivity contribution in [3.05, 3.63) is 71.9 Å². The van der Waals surface area contributed by atoms with Gasteiger partial charge in [0, 0.05) is 50.2 Å². The molecule has 2 N–H and O–H groups in total. The lowest BCUT2D eigenvalue weighted by molar-refractivity contribution is -0.119. The van der Waals surface area contributed by atoms with Gasteiger partial charge in [0.1, 0.15) is 0 Å². The van der Waals surface area contributed by atoms with Gasteiger partial charge in [0.05, 0.1) is 39.6 Å². The average Bonchev–Trinajstić information content (AvgIpc) is 3.23. The van der Waals surface area contributed by atoms with Crippen molar-refractivity contribution in [2.24, 2.45) is 0 Å². The number of aromatic nitrogens is 1. The highest BCUT2D eigenvalue weighted by molar-refractivity contribution is 5.83. The van der Waals surface area contributed by atoms with Crippen LogP contribution in [-0.4, -0.2) is 63.2 Å². The van der Waals surface area contributed by atoms with E-state index in [1.54, 1.807) is 0 Å². The predicted molar refractivity (Wildman–Crippen MR) is 130 cm³/mol. The molecule has 0 spiro atoms. The standard InChI is InChI=1S/C26H35N3O4/c1-22(30)28-12-15-32-17-19-33-18-16-31-14-11-27-20-24-8-5-9-26-25(24)10-13-29(26)21-23-6-3-2-4-7-23/h2-10,13,27H,11-12,14-21H2,1H3,(H,28,30). The molecule has 1 aromatic heterocycles. The van der Waals surface area contributed by atoms with Crippen LogP contribution in [-0.2, 0) is 32.1 Å². The molecule has 1 amide bonds. The van der Waals surface area contributed by atoms with Gasteiger partial charge in [-0.25, -0.2) is 0 Å². The van der Waals surface area contributed by atoms with Gasteiger partial charge < -0.3 is 29.4 Å². The summed E-state index contributed by atoms with van der Waals surface area (Å²) in [4.78, 5) is 10.7. The Kier molecular flexibility index (Phi) is 10.9. The molecule has 178 valence electrons. The summed E-state index contributed by atoms with van der Waals surface area (Å²) < 4.78 is 18.7. The fourth-order valence-corrected chi connectivity index (χ4v) is 3.57. The van der Waals surface area contributed by atoms with E-state index in [1.165, 1.54) is 29.0 Å². The normalized spacial score (nSPS) is 11.2. The summed E-state index contributed by atoms with van der Waals surface area (Å²) in [7, 11) is 0. The molecule has 0 unspecified atom stereocenters. The molecule has 2 aromatic carbocycles. The zero-order valence-electron chi connectivity index (χ0n) is 19.4. The summed E-state index contributed by atoms with van der Waals surface area (Å²) in [5.74, 6) is -0.0449. The zero-order valence-corrected chi connectivity index (χ0v) is 19.4. The number of hydrogen-bond acceptors (Lipinski definition) is 5. The molecule has 1 heterocycles. The van der Waals surface area contributed by atoms with Crippen molar-refractivity contribution in [3.8, 4) is 0 Å². The fraction of sp³-hybridized carbons (Fsp3) is 0.423. The van der Waals surface area contributed by atoms with Crippen LogP contribution in [0.3, 0.4) is 0 Å². The number of rotatable bonds is 16. The lowest BCUT2D eigenvalue weighted by Crippen LogP contribution is -2.25. The Morgan fingerprint density at radius 1 is 0.818 bits per heavy atom. The Morgan fingerprint density at radius 2 is 1.52 bits per heavy atom. The molecule has 0 saturated heterocycles. The maximum atomic E-state index is 10.7. The number of amides is 1. The van der Waals surface area contributed by atoms with Crippen molar-refractivity contribution in [2.75, 3.05) is 52.7 Å². The highest BCUT2D eigenvalue weighted by atomic mass is 16.5. The Hall–Kier alpha value is -2.71. The Balaban J connectivity index is 1.25. The highest BCUT2D eigenvalue weighted by Crippen LogP contribution is 2.21. The molecule has 3 aromatic rings. The summed E-state index contributed by atoms with van der Waals surface area (Å²) >= 11 is 0. The van der Waals surface area contributed by atoms with Crippen LogP contribution >= 0.6 is 0 Å². The van der Waals surface area contributed by atoms with Gasteiger partial charge in [0.2, 0.25) is 5.91 Å². The topological polar surface area (TPSA) is 73.8 Å². The number of benzene rings is 2. The van der Waals surface area contributed by atoms with Gasteiger partial charge in [-0.1, -0.05) is 42.5 Å². The smallest absolute Gasteiger partial charge is 0.216 e. The summed E-state index contributed by atoms with van der Waals surface area (Å²) in [6.45, 7) is 7.77. The first-order valence-corrected chi connectivity index (χ1v) is 11.5. The van der Waals surface area contributed by atoms with E-state index in [1.807, 2.05) is 6.07 Å². The summed E-state index contributed by atoms with van der Waals surface area (Å²) in [6, 6.07) is 19.2. The molecule has 0 aliphatic rings. The second-order valence-electron chi connectivity index (χ2n) is 7.78. The number of carbonyl (C=O) groups is 1. The van der Waals surface area contributed by atoms with Crippen LogP contribution < -0.4 is 10.6 Å². The number of nitrogens with zero attached hydrogens (tertiary/aromatic N) is 1. The molecule has 33 heavy (non-hydrogen) atoms. The van der Waals surface area contributed by atoms with Gasteiger partial charge in [0.15, 0.2) is 0 Å². The van der Waals surface area contributed by atoms with E-state index in [0.29, 0.717) is 46.2 Å². The van der Waals surface area contributed by atoms with Gasteiger partial charge in [-0.3, -0.25) is 4.79 Å². The SMILES string of the molecule is CC(=O)NCCOCCOCCOCCNCc1cccc2c1ccn2Cc1ccccc1. The molecular weight excluding hydrogens is 418 g/mol. The number of fused-ring (bicyclic) bond motifs is 1. The van der Waals surface area contributed by atoms with Gasteiger partial charge in [0.25, 0.3) is 0 Å². The molecule has 7 heteroatoms. The van der Waals surface area contributed by atoms with Crippen LogP contribution in [0.5, 0.6) is 0 Å². The molecule has 3 rings (SSSR count). The Labute approximate surface area is 196 Å². The first kappa shape index (κ1) is 24.9. The maximum Gasteiger partial charge on any atom is 0.216 e. The number of ether oxygens (including phenoxy) is 3. The summed E-state index contributed by atoms with van der Waals surface area (Å²) in [5.41, 5.74) is 3.85. The van der Waals surface area contributed by atoms with Gasteiger partial charge in [-0.2, -0.15) is 0 Å². The third kappa shape index (κ3) is 8.98. The molecule has 7 nitrogen and oxygen atoms in total. The van der Waals surface area contributed by atoms with Crippen LogP contribution in [0.25, 0.3) is 10.9 Å². The average molecular weight is 454 g/mol.